The normalized spacial score (nSPS) is 21.5. The van der Waals surface area contributed by atoms with Gasteiger partial charge in [-0.2, -0.15) is 0 Å². The van der Waals surface area contributed by atoms with E-state index < -0.39 is 36.0 Å². The molecule has 0 bridgehead atoms. The van der Waals surface area contributed by atoms with Crippen LogP contribution < -0.4 is 11.5 Å². The molecular weight excluding hydrogens is 290 g/mol. The van der Waals surface area contributed by atoms with Crippen LogP contribution in [0.15, 0.2) is 0 Å². The monoisotopic (exact) mass is 305 g/mol. The van der Waals surface area contributed by atoms with Crippen molar-refractivity contribution in [1.29, 1.82) is 0 Å². The third-order valence-electron chi connectivity index (χ3n) is 2.46. The Balaban J connectivity index is 2.50. The molecule has 2 atom stereocenters. The Bertz CT molecular complexity index is 440. The zero-order chi connectivity index (χ0) is 16.0. The lowest BCUT2D eigenvalue weighted by molar-refractivity contribution is -0.465. The zero-order valence-corrected chi connectivity index (χ0v) is 10.9. The molecular formula is C10H15N3O8. The van der Waals surface area contributed by atoms with Gasteiger partial charge in [0.05, 0.1) is 0 Å². The predicted octanol–water partition coefficient (Wildman–Crippen LogP) is -2.02. The number of hydrogen-bond donors (Lipinski definition) is 3. The maximum Gasteiger partial charge on any atom is 0.349 e. The van der Waals surface area contributed by atoms with Crippen LogP contribution in [0.25, 0.3) is 0 Å². The number of carbonyl (C=O) groups excluding carboxylic acids is 3. The SMILES string of the molecule is N[C@@H](CCC(=O)ON1OC(=O)CC[C@H](N)C(=O)O1)C(=O)O. The van der Waals surface area contributed by atoms with Crippen LogP contribution in [0.1, 0.15) is 25.7 Å². The van der Waals surface area contributed by atoms with E-state index in [0.717, 1.165) is 0 Å². The molecule has 1 rings (SSSR count). The summed E-state index contributed by atoms with van der Waals surface area (Å²) in [7, 11) is 0. The quantitative estimate of drug-likeness (QED) is 0.511. The largest absolute Gasteiger partial charge is 0.480 e. The van der Waals surface area contributed by atoms with E-state index >= 15 is 0 Å². The van der Waals surface area contributed by atoms with Gasteiger partial charge in [0.15, 0.2) is 0 Å². The highest BCUT2D eigenvalue weighted by molar-refractivity contribution is 5.78. The standard InChI is InChI=1S/C10H15N3O8/c11-5(9(16)17)1-3-7(14)19-13-20-8(15)4-2-6(12)10(18)21-13/h5-6H,1-4,11-12H2,(H,16,17)/t5-,6-/m0/s1. The topological polar surface area (TPSA) is 171 Å². The van der Waals surface area contributed by atoms with Crippen LogP contribution in [-0.4, -0.2) is 46.5 Å². The summed E-state index contributed by atoms with van der Waals surface area (Å²) in [6.07, 6.45) is -0.713. The molecule has 0 aromatic heterocycles. The number of rotatable bonds is 5. The van der Waals surface area contributed by atoms with Gasteiger partial charge < -0.3 is 26.2 Å². The van der Waals surface area contributed by atoms with Crippen molar-refractivity contribution in [3.63, 3.8) is 0 Å². The molecule has 1 fully saturated rings. The van der Waals surface area contributed by atoms with E-state index in [9.17, 15) is 19.2 Å². The molecule has 5 N–H and O–H groups in total. The second kappa shape index (κ2) is 7.52. The van der Waals surface area contributed by atoms with Crippen LogP contribution in [0.5, 0.6) is 0 Å². The van der Waals surface area contributed by atoms with Crippen molar-refractivity contribution >= 4 is 23.9 Å². The number of carboxylic acid groups (broad SMARTS) is 1. The maximum atomic E-state index is 11.4. The molecule has 1 saturated heterocycles. The highest BCUT2D eigenvalue weighted by atomic mass is 17.2. The van der Waals surface area contributed by atoms with Crippen molar-refractivity contribution < 1.29 is 38.8 Å². The molecule has 118 valence electrons. The lowest BCUT2D eigenvalue weighted by Gasteiger charge is -2.21. The van der Waals surface area contributed by atoms with Gasteiger partial charge in [0.1, 0.15) is 12.1 Å². The van der Waals surface area contributed by atoms with Gasteiger partial charge in [-0.05, 0) is 12.8 Å². The van der Waals surface area contributed by atoms with E-state index in [1.807, 2.05) is 0 Å². The Kier molecular flexibility index (Phi) is 6.02. The molecule has 0 unspecified atom stereocenters. The Morgan fingerprint density at radius 2 is 2.10 bits per heavy atom. The third kappa shape index (κ3) is 5.72. The average molecular weight is 305 g/mol. The van der Waals surface area contributed by atoms with Crippen LogP contribution in [0.3, 0.4) is 0 Å². The smallest absolute Gasteiger partial charge is 0.349 e. The van der Waals surface area contributed by atoms with Gasteiger partial charge in [0, 0.05) is 12.8 Å². The van der Waals surface area contributed by atoms with Crippen LogP contribution in [-0.2, 0) is 33.7 Å². The summed E-state index contributed by atoms with van der Waals surface area (Å²) in [5.74, 6) is -4.04. The summed E-state index contributed by atoms with van der Waals surface area (Å²) in [4.78, 5) is 57.8. The second-order valence-corrected chi connectivity index (χ2v) is 4.19. The molecule has 1 aliphatic heterocycles. The Hall–Kier alpha value is -2.24. The number of nitrogens with two attached hydrogens (primary N) is 2. The van der Waals surface area contributed by atoms with Crippen LogP contribution in [0.2, 0.25) is 0 Å². The van der Waals surface area contributed by atoms with Gasteiger partial charge in [0.25, 0.3) is 0 Å². The molecule has 1 aliphatic rings. The van der Waals surface area contributed by atoms with Crippen molar-refractivity contribution in [3.8, 4) is 0 Å². The minimum absolute atomic E-state index is 0.0346. The second-order valence-electron chi connectivity index (χ2n) is 4.19. The summed E-state index contributed by atoms with van der Waals surface area (Å²) in [6.45, 7) is 0. The fourth-order valence-electron chi connectivity index (χ4n) is 1.24. The van der Waals surface area contributed by atoms with Crippen LogP contribution in [0.4, 0.5) is 0 Å². The van der Waals surface area contributed by atoms with E-state index in [1.165, 1.54) is 0 Å². The number of carbonyl (C=O) groups is 4. The fourth-order valence-corrected chi connectivity index (χ4v) is 1.24. The minimum atomic E-state index is -1.28. The zero-order valence-electron chi connectivity index (χ0n) is 10.9. The fraction of sp³-hybridized carbons (Fsp3) is 0.600. The molecule has 0 radical (unpaired) electrons. The van der Waals surface area contributed by atoms with Crippen molar-refractivity contribution in [2.75, 3.05) is 0 Å². The molecule has 21 heavy (non-hydrogen) atoms. The third-order valence-corrected chi connectivity index (χ3v) is 2.46. The highest BCUT2D eigenvalue weighted by Crippen LogP contribution is 2.10. The summed E-state index contributed by atoms with van der Waals surface area (Å²) in [5, 5.41) is 8.50. The summed E-state index contributed by atoms with van der Waals surface area (Å²) >= 11 is 0. The van der Waals surface area contributed by atoms with E-state index in [-0.39, 0.29) is 31.1 Å². The van der Waals surface area contributed by atoms with Crippen LogP contribution >= 0.6 is 0 Å². The molecule has 0 aromatic rings. The number of carboxylic acids is 1. The lowest BCUT2D eigenvalue weighted by atomic mass is 10.2. The summed E-state index contributed by atoms with van der Waals surface area (Å²) < 4.78 is 0. The summed E-state index contributed by atoms with van der Waals surface area (Å²) in [5.41, 5.74) is 10.6. The molecule has 0 saturated carbocycles. The Morgan fingerprint density at radius 3 is 2.71 bits per heavy atom. The lowest BCUT2D eigenvalue weighted by Crippen LogP contribution is -2.42. The molecule has 1 heterocycles. The van der Waals surface area contributed by atoms with Gasteiger partial charge >= 0.3 is 23.9 Å². The Labute approximate surface area is 118 Å². The van der Waals surface area contributed by atoms with Gasteiger partial charge in [-0.3, -0.25) is 19.2 Å². The molecule has 11 heteroatoms. The summed E-state index contributed by atoms with van der Waals surface area (Å²) in [6, 6.07) is -2.30. The molecule has 0 spiro atoms. The van der Waals surface area contributed by atoms with Crippen molar-refractivity contribution in [2.45, 2.75) is 37.8 Å². The van der Waals surface area contributed by atoms with Gasteiger partial charge in [-0.25, -0.2) is 4.79 Å². The average Bonchev–Trinajstić information content (AvgIpc) is 2.40. The first-order valence-electron chi connectivity index (χ1n) is 5.97. The number of aliphatic carboxylic acids is 1. The molecule has 11 nitrogen and oxygen atoms in total. The Morgan fingerprint density at radius 1 is 1.43 bits per heavy atom. The first-order chi connectivity index (χ1) is 9.79. The van der Waals surface area contributed by atoms with E-state index in [4.69, 9.17) is 16.6 Å². The molecule has 0 aliphatic carbocycles. The first-order valence-corrected chi connectivity index (χ1v) is 5.97. The van der Waals surface area contributed by atoms with Crippen LogP contribution in [0, 0.1) is 0 Å². The van der Waals surface area contributed by atoms with Crippen molar-refractivity contribution in [1.82, 2.24) is 5.39 Å². The van der Waals surface area contributed by atoms with Crippen molar-refractivity contribution in [2.24, 2.45) is 11.5 Å². The van der Waals surface area contributed by atoms with E-state index in [1.54, 1.807) is 0 Å². The molecule has 0 amide bonds. The first kappa shape index (κ1) is 16.8. The van der Waals surface area contributed by atoms with Gasteiger partial charge in [0.2, 0.25) is 5.39 Å². The number of hydrogen-bond acceptors (Lipinski definition) is 10. The van der Waals surface area contributed by atoms with Gasteiger partial charge in [-0.1, -0.05) is 0 Å². The van der Waals surface area contributed by atoms with Crippen molar-refractivity contribution in [3.05, 3.63) is 0 Å². The van der Waals surface area contributed by atoms with E-state index in [2.05, 4.69) is 14.5 Å². The van der Waals surface area contributed by atoms with E-state index in [0.29, 0.717) is 0 Å². The molecule has 0 aromatic carbocycles. The highest BCUT2D eigenvalue weighted by Gasteiger charge is 2.29. The predicted molar refractivity (Wildman–Crippen MR) is 62.2 cm³/mol. The maximum absolute atomic E-state index is 11.4. The van der Waals surface area contributed by atoms with Gasteiger partial charge in [-0.15, -0.1) is 0 Å². The number of nitrogens with zero attached hydrogens (tertiary/aromatic N) is 1. The minimum Gasteiger partial charge on any atom is -0.480 e.